The van der Waals surface area contributed by atoms with E-state index in [9.17, 15) is 9.59 Å². The first-order valence-electron chi connectivity index (χ1n) is 8.90. The molecule has 156 valence electrons. The first-order chi connectivity index (χ1) is 14.3. The number of halogens is 2. The minimum atomic E-state index is -0.376. The molecule has 0 aliphatic carbocycles. The van der Waals surface area contributed by atoms with Gasteiger partial charge < -0.3 is 9.47 Å². The highest BCUT2D eigenvalue weighted by Crippen LogP contribution is 2.38. The van der Waals surface area contributed by atoms with E-state index in [0.717, 1.165) is 14.5 Å². The number of carbonyl (C=O) groups is 2. The zero-order valence-corrected chi connectivity index (χ0v) is 20.4. The molecule has 1 heterocycles. The Hall–Kier alpha value is -2.10. The van der Waals surface area contributed by atoms with Crippen molar-refractivity contribution < 1.29 is 19.1 Å². The van der Waals surface area contributed by atoms with Crippen LogP contribution in [0.15, 0.2) is 55.2 Å². The smallest absolute Gasteiger partial charge is 0.338 e. The van der Waals surface area contributed by atoms with Crippen molar-refractivity contribution in [2.75, 3.05) is 20.8 Å². The van der Waals surface area contributed by atoms with E-state index in [-0.39, 0.29) is 11.9 Å². The lowest BCUT2D eigenvalue weighted by molar-refractivity contribution is -0.121. The molecule has 0 spiro atoms. The van der Waals surface area contributed by atoms with Gasteiger partial charge in [0, 0.05) is 17.1 Å². The van der Waals surface area contributed by atoms with Gasteiger partial charge >= 0.3 is 5.97 Å². The highest BCUT2D eigenvalue weighted by molar-refractivity contribution is 9.11. The second-order valence-electron chi connectivity index (χ2n) is 6.15. The van der Waals surface area contributed by atoms with Crippen molar-refractivity contribution in [3.05, 3.63) is 61.4 Å². The minimum Gasteiger partial charge on any atom is -0.495 e. The number of benzene rings is 2. The van der Waals surface area contributed by atoms with Crippen LogP contribution in [0.4, 0.5) is 5.69 Å². The summed E-state index contributed by atoms with van der Waals surface area (Å²) < 4.78 is 12.1. The van der Waals surface area contributed by atoms with Gasteiger partial charge in [0.15, 0.2) is 5.17 Å². The van der Waals surface area contributed by atoms with Crippen LogP contribution in [0.1, 0.15) is 22.8 Å². The van der Waals surface area contributed by atoms with Gasteiger partial charge in [-0.25, -0.2) is 9.79 Å². The standard InChI is InChI=1S/C21H18Br2N2O4S/c1-4-29-20(27)12-5-7-15(8-6-12)24-21-25(2)19(26)17(30-21)10-13-9-14(22)11-16(23)18(13)28-3/h5-11H,4H2,1-3H3/b17-10-,24-21?. The lowest BCUT2D eigenvalue weighted by Crippen LogP contribution is -2.23. The van der Waals surface area contributed by atoms with Crippen molar-refractivity contribution >= 4 is 72.4 Å². The first kappa shape index (κ1) is 22.6. The largest absolute Gasteiger partial charge is 0.495 e. The predicted molar refractivity (Wildman–Crippen MR) is 126 cm³/mol. The summed E-state index contributed by atoms with van der Waals surface area (Å²) in [6.45, 7) is 2.08. The van der Waals surface area contributed by atoms with Gasteiger partial charge in [0.1, 0.15) is 5.75 Å². The average molecular weight is 554 g/mol. The van der Waals surface area contributed by atoms with Crippen LogP contribution in [0, 0.1) is 0 Å². The number of carbonyl (C=O) groups excluding carboxylic acids is 2. The molecule has 2 aromatic rings. The van der Waals surface area contributed by atoms with E-state index in [4.69, 9.17) is 9.47 Å². The van der Waals surface area contributed by atoms with Crippen LogP contribution in [0.3, 0.4) is 0 Å². The fourth-order valence-electron chi connectivity index (χ4n) is 2.69. The quantitative estimate of drug-likeness (QED) is 0.354. The van der Waals surface area contributed by atoms with Crippen molar-refractivity contribution in [2.45, 2.75) is 6.92 Å². The topological polar surface area (TPSA) is 68.2 Å². The third kappa shape index (κ3) is 4.96. The number of esters is 1. The normalized spacial score (nSPS) is 16.4. The highest BCUT2D eigenvalue weighted by atomic mass is 79.9. The highest BCUT2D eigenvalue weighted by Gasteiger charge is 2.30. The second kappa shape index (κ2) is 9.80. The van der Waals surface area contributed by atoms with Gasteiger partial charge in [0.2, 0.25) is 0 Å². The lowest BCUT2D eigenvalue weighted by Gasteiger charge is -2.09. The van der Waals surface area contributed by atoms with Crippen LogP contribution in [-0.2, 0) is 9.53 Å². The van der Waals surface area contributed by atoms with E-state index >= 15 is 0 Å². The summed E-state index contributed by atoms with van der Waals surface area (Å²) >= 11 is 8.21. The maximum atomic E-state index is 12.7. The molecule has 1 fully saturated rings. The van der Waals surface area contributed by atoms with E-state index in [2.05, 4.69) is 36.9 Å². The Labute approximate surface area is 195 Å². The average Bonchev–Trinajstić information content (AvgIpc) is 2.96. The summed E-state index contributed by atoms with van der Waals surface area (Å²) in [6, 6.07) is 10.5. The number of amides is 1. The van der Waals surface area contributed by atoms with Crippen LogP contribution >= 0.6 is 43.6 Å². The van der Waals surface area contributed by atoms with Crippen LogP contribution in [0.5, 0.6) is 5.75 Å². The second-order valence-corrected chi connectivity index (χ2v) is 8.93. The van der Waals surface area contributed by atoms with Crippen molar-refractivity contribution in [1.82, 2.24) is 4.90 Å². The fourth-order valence-corrected chi connectivity index (χ4v) is 5.09. The number of likely N-dealkylation sites (N-methyl/N-ethyl adjacent to an activating group) is 1. The van der Waals surface area contributed by atoms with Crippen molar-refractivity contribution in [2.24, 2.45) is 4.99 Å². The molecule has 0 bridgehead atoms. The molecule has 1 aliphatic rings. The minimum absolute atomic E-state index is 0.153. The monoisotopic (exact) mass is 552 g/mol. The number of aliphatic imine (C=N–C) groups is 1. The summed E-state index contributed by atoms with van der Waals surface area (Å²) in [5.41, 5.74) is 1.86. The first-order valence-corrected chi connectivity index (χ1v) is 11.3. The molecular weight excluding hydrogens is 536 g/mol. The summed E-state index contributed by atoms with van der Waals surface area (Å²) in [5, 5.41) is 0.545. The van der Waals surface area contributed by atoms with E-state index in [0.29, 0.717) is 33.7 Å². The van der Waals surface area contributed by atoms with Crippen LogP contribution < -0.4 is 4.74 Å². The van der Waals surface area contributed by atoms with E-state index in [1.54, 1.807) is 51.4 Å². The molecule has 1 saturated heterocycles. The summed E-state index contributed by atoms with van der Waals surface area (Å²) in [7, 11) is 3.26. The lowest BCUT2D eigenvalue weighted by atomic mass is 10.2. The Kier molecular flexibility index (Phi) is 7.38. The van der Waals surface area contributed by atoms with Gasteiger partial charge in [0.05, 0.1) is 34.3 Å². The SMILES string of the molecule is CCOC(=O)c1ccc(N=C2S/C(=C\c3cc(Br)cc(Br)c3OC)C(=O)N2C)cc1. The molecular formula is C21H18Br2N2O4S. The molecule has 3 rings (SSSR count). The van der Waals surface area contributed by atoms with Gasteiger partial charge in [0.25, 0.3) is 5.91 Å². The Morgan fingerprint density at radius 1 is 1.23 bits per heavy atom. The molecule has 1 amide bonds. The van der Waals surface area contributed by atoms with Crippen molar-refractivity contribution in [3.8, 4) is 5.75 Å². The molecule has 0 N–H and O–H groups in total. The number of hydrogen-bond acceptors (Lipinski definition) is 6. The zero-order valence-electron chi connectivity index (χ0n) is 16.4. The van der Waals surface area contributed by atoms with Crippen molar-refractivity contribution in [1.29, 1.82) is 0 Å². The van der Waals surface area contributed by atoms with Crippen LogP contribution in [-0.4, -0.2) is 42.7 Å². The van der Waals surface area contributed by atoms with E-state index in [1.165, 1.54) is 16.7 Å². The van der Waals surface area contributed by atoms with Gasteiger partial charge in [-0.2, -0.15) is 0 Å². The molecule has 9 heteroatoms. The summed E-state index contributed by atoms with van der Waals surface area (Å²) in [6.07, 6.45) is 1.78. The van der Waals surface area contributed by atoms with Gasteiger partial charge in [-0.15, -0.1) is 0 Å². The van der Waals surface area contributed by atoms with Crippen molar-refractivity contribution in [3.63, 3.8) is 0 Å². The number of hydrogen-bond donors (Lipinski definition) is 0. The third-order valence-electron chi connectivity index (χ3n) is 4.13. The summed E-state index contributed by atoms with van der Waals surface area (Å²) in [4.78, 5) is 31.1. The number of amidine groups is 1. The number of ether oxygens (including phenoxy) is 2. The van der Waals surface area contributed by atoms with Crippen LogP contribution in [0.2, 0.25) is 0 Å². The molecule has 0 unspecified atom stereocenters. The number of rotatable bonds is 5. The molecule has 0 radical (unpaired) electrons. The number of methoxy groups -OCH3 is 1. The maximum Gasteiger partial charge on any atom is 0.338 e. The molecule has 2 aromatic carbocycles. The zero-order chi connectivity index (χ0) is 21.8. The van der Waals surface area contributed by atoms with E-state index in [1.807, 2.05) is 12.1 Å². The Bertz CT molecular complexity index is 1050. The van der Waals surface area contributed by atoms with E-state index < -0.39 is 0 Å². The predicted octanol–water partition coefficient (Wildman–Crippen LogP) is 5.63. The molecule has 6 nitrogen and oxygen atoms in total. The van der Waals surface area contributed by atoms with Crippen LogP contribution in [0.25, 0.3) is 6.08 Å². The van der Waals surface area contributed by atoms with Gasteiger partial charge in [-0.05, 0) is 77.1 Å². The number of thioether (sulfide) groups is 1. The third-order valence-corrected chi connectivity index (χ3v) is 6.24. The Morgan fingerprint density at radius 2 is 1.93 bits per heavy atom. The number of nitrogens with zero attached hydrogens (tertiary/aromatic N) is 2. The molecule has 30 heavy (non-hydrogen) atoms. The molecule has 0 aromatic heterocycles. The van der Waals surface area contributed by atoms with Gasteiger partial charge in [-0.1, -0.05) is 15.9 Å². The Morgan fingerprint density at radius 3 is 2.57 bits per heavy atom. The molecule has 1 aliphatic heterocycles. The fraction of sp³-hybridized carbons (Fsp3) is 0.190. The molecule has 0 atom stereocenters. The summed E-state index contributed by atoms with van der Waals surface area (Å²) in [5.74, 6) is 0.111. The van der Waals surface area contributed by atoms with Gasteiger partial charge in [-0.3, -0.25) is 9.69 Å². The Balaban J connectivity index is 1.88. The maximum absolute atomic E-state index is 12.7. The molecule has 0 saturated carbocycles.